The van der Waals surface area contributed by atoms with Gasteiger partial charge in [-0.05, 0) is 61.2 Å². The summed E-state index contributed by atoms with van der Waals surface area (Å²) >= 11 is 0. The zero-order chi connectivity index (χ0) is 30.6. The second kappa shape index (κ2) is 12.7. The largest absolute Gasteiger partial charge is 0.446 e. The molecule has 3 aromatic rings. The summed E-state index contributed by atoms with van der Waals surface area (Å²) in [7, 11) is 1.71. The van der Waals surface area contributed by atoms with Crippen LogP contribution in [0.25, 0.3) is 10.8 Å². The van der Waals surface area contributed by atoms with E-state index in [-0.39, 0.29) is 23.8 Å². The number of carbonyl (C=O) groups excluding carboxylic acids is 4. The highest BCUT2D eigenvalue weighted by molar-refractivity contribution is 6.08. The minimum Gasteiger partial charge on any atom is -0.348 e. The topological polar surface area (TPSA) is 108 Å². The number of hydrogen-bond acceptors (Lipinski definition) is 5. The molecule has 0 aliphatic carbocycles. The molecule has 2 aliphatic heterocycles. The van der Waals surface area contributed by atoms with Gasteiger partial charge in [0.1, 0.15) is 12.1 Å². The normalized spacial score (nSPS) is 19.1. The van der Waals surface area contributed by atoms with Crippen LogP contribution < -0.4 is 20.9 Å². The van der Waals surface area contributed by atoms with E-state index in [1.54, 1.807) is 18.9 Å². The number of carbonyl (C=O) groups is 4. The van der Waals surface area contributed by atoms with Crippen LogP contribution in [0.15, 0.2) is 60.7 Å². The first-order valence-corrected chi connectivity index (χ1v) is 13.7. The van der Waals surface area contributed by atoms with Crippen LogP contribution in [0.5, 0.6) is 0 Å². The highest BCUT2D eigenvalue weighted by Crippen LogP contribution is 2.39. The Morgan fingerprint density at radius 2 is 1.64 bits per heavy atom. The molecule has 0 aromatic heterocycles. The van der Waals surface area contributed by atoms with Crippen molar-refractivity contribution in [2.24, 2.45) is 0 Å². The van der Waals surface area contributed by atoms with E-state index >= 15 is 0 Å². The molecule has 2 aliphatic rings. The van der Waals surface area contributed by atoms with Gasteiger partial charge < -0.3 is 16.0 Å². The summed E-state index contributed by atoms with van der Waals surface area (Å²) in [5.74, 6) is -0.651. The van der Waals surface area contributed by atoms with Crippen molar-refractivity contribution in [2.45, 2.75) is 63.5 Å². The molecule has 11 heteroatoms. The second-order valence-corrected chi connectivity index (χ2v) is 10.4. The van der Waals surface area contributed by atoms with Crippen molar-refractivity contribution in [1.82, 2.24) is 16.0 Å². The monoisotopic (exact) mass is 582 g/mol. The lowest BCUT2D eigenvalue weighted by Crippen LogP contribution is -2.56. The molecule has 0 bridgehead atoms. The van der Waals surface area contributed by atoms with Crippen LogP contribution in [0.2, 0.25) is 0 Å². The molecule has 4 atom stereocenters. The predicted octanol–water partition coefficient (Wildman–Crippen LogP) is 3.76. The lowest BCUT2D eigenvalue weighted by Gasteiger charge is -2.29. The predicted molar refractivity (Wildman–Crippen MR) is 153 cm³/mol. The number of para-hydroxylation sites is 1. The van der Waals surface area contributed by atoms with Gasteiger partial charge in [-0.3, -0.25) is 24.1 Å². The van der Waals surface area contributed by atoms with Gasteiger partial charge in [0.2, 0.25) is 24.0 Å². The molecule has 0 fully saturated rings. The van der Waals surface area contributed by atoms with E-state index in [1.807, 2.05) is 49.4 Å². The number of aldehydes is 1. The fourth-order valence-electron chi connectivity index (χ4n) is 5.42. The SMILES string of the molecule is CN[C@@H](C)C(=O)N[C@H]1CCc2cccc3c2N(C1=O)[C@H](C(=O)N[C@H](C)c1cccc2ccccc12)C3.O=CC(F)(F)F. The number of nitrogens with zero attached hydrogens (tertiary/aromatic N) is 1. The van der Waals surface area contributed by atoms with Gasteiger partial charge in [0.05, 0.1) is 17.8 Å². The molecule has 3 aromatic carbocycles. The molecule has 8 nitrogen and oxygen atoms in total. The molecule has 0 spiro atoms. The Kier molecular flexibility index (Phi) is 9.30. The summed E-state index contributed by atoms with van der Waals surface area (Å²) < 4.78 is 31.2. The van der Waals surface area contributed by atoms with Crippen molar-refractivity contribution in [3.05, 3.63) is 77.4 Å². The average Bonchev–Trinajstić information content (AvgIpc) is 3.32. The van der Waals surface area contributed by atoms with E-state index in [2.05, 4.69) is 34.1 Å². The van der Waals surface area contributed by atoms with Crippen molar-refractivity contribution in [3.63, 3.8) is 0 Å². The van der Waals surface area contributed by atoms with Crippen molar-refractivity contribution < 1.29 is 32.3 Å². The Morgan fingerprint density at radius 3 is 2.33 bits per heavy atom. The van der Waals surface area contributed by atoms with E-state index < -0.39 is 30.6 Å². The zero-order valence-corrected chi connectivity index (χ0v) is 23.5. The fourth-order valence-corrected chi connectivity index (χ4v) is 5.42. The zero-order valence-electron chi connectivity index (χ0n) is 23.5. The number of likely N-dealkylation sites (N-methyl/N-ethyl adjacent to an activating group) is 1. The van der Waals surface area contributed by atoms with Crippen molar-refractivity contribution in [1.29, 1.82) is 0 Å². The minimum absolute atomic E-state index is 0.193. The highest BCUT2D eigenvalue weighted by atomic mass is 19.4. The highest BCUT2D eigenvalue weighted by Gasteiger charge is 2.44. The minimum atomic E-state index is -4.64. The van der Waals surface area contributed by atoms with Gasteiger partial charge in [-0.25, -0.2) is 0 Å². The molecule has 42 heavy (non-hydrogen) atoms. The number of nitrogens with one attached hydrogen (secondary N) is 3. The molecule has 0 saturated carbocycles. The summed E-state index contributed by atoms with van der Waals surface area (Å²) in [4.78, 5) is 50.4. The number of rotatable bonds is 6. The van der Waals surface area contributed by atoms with E-state index in [4.69, 9.17) is 4.79 Å². The van der Waals surface area contributed by atoms with Gasteiger partial charge in [0.25, 0.3) is 0 Å². The number of aryl methyl sites for hydroxylation is 1. The van der Waals surface area contributed by atoms with Crippen molar-refractivity contribution >= 4 is 40.5 Å². The number of alkyl halides is 3. The Bertz CT molecular complexity index is 1490. The molecule has 3 amide bonds. The first-order chi connectivity index (χ1) is 19.9. The van der Waals surface area contributed by atoms with Gasteiger partial charge in [-0.15, -0.1) is 0 Å². The first-order valence-electron chi connectivity index (χ1n) is 13.7. The van der Waals surface area contributed by atoms with Gasteiger partial charge in [-0.2, -0.15) is 13.2 Å². The molecule has 0 radical (unpaired) electrons. The number of benzene rings is 3. The Morgan fingerprint density at radius 1 is 1.00 bits per heavy atom. The smallest absolute Gasteiger partial charge is 0.348 e. The third-order valence-corrected chi connectivity index (χ3v) is 7.63. The van der Waals surface area contributed by atoms with Gasteiger partial charge in [0, 0.05) is 6.42 Å². The lowest BCUT2D eigenvalue weighted by atomic mass is 9.99. The Balaban J connectivity index is 0.000000612. The standard InChI is InChI=1S/C29H32N4O3.C2HF3O/c1-17(22-13-7-9-19-8-4-5-12-23(19)22)31-28(35)25-16-21-11-6-10-20-14-15-24(29(36)33(25)26(20)21)32-27(34)18(2)30-3;3-2(4,5)1-6/h4-13,17-18,24-25,30H,14-16H2,1-3H3,(H,31,35)(H,32,34);1H/t17-,18+,24+,25+;/m1./s1. The average molecular weight is 583 g/mol. The number of hydrogen-bond donors (Lipinski definition) is 3. The molecular formula is C31H33F3N4O4. The van der Waals surface area contributed by atoms with Crippen LogP contribution in [0.3, 0.4) is 0 Å². The van der Waals surface area contributed by atoms with Crippen molar-refractivity contribution in [3.8, 4) is 0 Å². The van der Waals surface area contributed by atoms with E-state index in [0.717, 1.165) is 33.2 Å². The van der Waals surface area contributed by atoms with Crippen LogP contribution in [0.4, 0.5) is 18.9 Å². The summed E-state index contributed by atoms with van der Waals surface area (Å²) in [6.45, 7) is 3.73. The Hall–Kier alpha value is -4.25. The molecule has 222 valence electrons. The first kappa shape index (κ1) is 30.7. The number of fused-ring (bicyclic) bond motifs is 1. The number of halogens is 3. The van der Waals surface area contributed by atoms with Crippen LogP contribution in [-0.2, 0) is 32.0 Å². The summed E-state index contributed by atoms with van der Waals surface area (Å²) in [6.07, 6.45) is -4.09. The van der Waals surface area contributed by atoms with E-state index in [1.165, 1.54) is 0 Å². The van der Waals surface area contributed by atoms with Crippen LogP contribution in [0.1, 0.15) is 43.0 Å². The maximum atomic E-state index is 13.8. The lowest BCUT2D eigenvalue weighted by molar-refractivity contribution is -0.156. The summed E-state index contributed by atoms with van der Waals surface area (Å²) in [5, 5.41) is 11.2. The number of anilines is 1. The van der Waals surface area contributed by atoms with E-state index in [0.29, 0.717) is 19.3 Å². The van der Waals surface area contributed by atoms with Gasteiger partial charge in [0.15, 0.2) is 0 Å². The van der Waals surface area contributed by atoms with Crippen LogP contribution in [-0.4, -0.2) is 55.4 Å². The second-order valence-electron chi connectivity index (χ2n) is 10.4. The molecular weight excluding hydrogens is 549 g/mol. The maximum Gasteiger partial charge on any atom is 0.446 e. The summed E-state index contributed by atoms with van der Waals surface area (Å²) in [5.41, 5.74) is 3.90. The van der Waals surface area contributed by atoms with Crippen LogP contribution >= 0.6 is 0 Å². The van der Waals surface area contributed by atoms with Gasteiger partial charge in [-0.1, -0.05) is 60.7 Å². The molecule has 3 N–H and O–H groups in total. The quantitative estimate of drug-likeness (QED) is 0.384. The molecule has 0 unspecified atom stereocenters. The summed E-state index contributed by atoms with van der Waals surface area (Å²) in [6, 6.07) is 18.2. The fraction of sp³-hybridized carbons (Fsp3) is 0.355. The molecule has 5 rings (SSSR count). The maximum absolute atomic E-state index is 13.8. The molecule has 0 saturated heterocycles. The third kappa shape index (κ3) is 6.62. The Labute approximate surface area is 241 Å². The van der Waals surface area contributed by atoms with E-state index in [9.17, 15) is 27.6 Å². The van der Waals surface area contributed by atoms with Crippen LogP contribution in [0, 0.1) is 0 Å². The third-order valence-electron chi connectivity index (χ3n) is 7.63. The van der Waals surface area contributed by atoms with Crippen molar-refractivity contribution in [2.75, 3.05) is 11.9 Å². The number of amides is 3. The molecule has 2 heterocycles. The van der Waals surface area contributed by atoms with Gasteiger partial charge >= 0.3 is 6.18 Å².